The van der Waals surface area contributed by atoms with Crippen LogP contribution in [0.3, 0.4) is 0 Å². The number of rotatable bonds is 4. The second-order valence-corrected chi connectivity index (χ2v) is 8.88. The third-order valence-corrected chi connectivity index (χ3v) is 6.64. The lowest BCUT2D eigenvalue weighted by Gasteiger charge is -2.35. The third kappa shape index (κ3) is 4.28. The molecular formula is C26H28N2O3. The van der Waals surface area contributed by atoms with Gasteiger partial charge in [-0.2, -0.15) is 0 Å². The highest BCUT2D eigenvalue weighted by Crippen LogP contribution is 2.29. The molecule has 0 atom stereocenters. The minimum atomic E-state index is -0.285. The molecule has 1 aliphatic heterocycles. The smallest absolute Gasteiger partial charge is 0.336 e. The van der Waals surface area contributed by atoms with Crippen LogP contribution in [0.1, 0.15) is 34.2 Å². The van der Waals surface area contributed by atoms with Crippen molar-refractivity contribution >= 4 is 16.9 Å². The van der Waals surface area contributed by atoms with Gasteiger partial charge >= 0.3 is 5.63 Å². The van der Waals surface area contributed by atoms with Gasteiger partial charge in [-0.3, -0.25) is 9.69 Å². The number of nitrogens with zero attached hydrogens (tertiary/aromatic N) is 2. The molecule has 5 heteroatoms. The van der Waals surface area contributed by atoms with E-state index < -0.39 is 0 Å². The van der Waals surface area contributed by atoms with Crippen LogP contribution in [0.15, 0.2) is 51.7 Å². The van der Waals surface area contributed by atoms with Gasteiger partial charge in [0.05, 0.1) is 6.42 Å². The summed E-state index contributed by atoms with van der Waals surface area (Å²) in [4.78, 5) is 29.1. The van der Waals surface area contributed by atoms with Crippen LogP contribution >= 0.6 is 0 Å². The Morgan fingerprint density at radius 2 is 1.68 bits per heavy atom. The molecule has 2 aliphatic rings. The molecule has 1 saturated heterocycles. The number of fused-ring (bicyclic) bond motifs is 2. The van der Waals surface area contributed by atoms with Gasteiger partial charge in [-0.15, -0.1) is 0 Å². The predicted octanol–water partition coefficient (Wildman–Crippen LogP) is 3.48. The number of amides is 1. The van der Waals surface area contributed by atoms with Crippen molar-refractivity contribution in [1.29, 1.82) is 0 Å². The summed E-state index contributed by atoms with van der Waals surface area (Å²) in [7, 11) is 0. The van der Waals surface area contributed by atoms with Crippen molar-refractivity contribution in [2.24, 2.45) is 0 Å². The van der Waals surface area contributed by atoms with E-state index in [1.165, 1.54) is 23.1 Å². The summed E-state index contributed by atoms with van der Waals surface area (Å²) in [6, 6.07) is 14.1. The number of carbonyl (C=O) groups is 1. The Labute approximate surface area is 182 Å². The first-order valence-electron chi connectivity index (χ1n) is 11.2. The number of hydrogen-bond donors (Lipinski definition) is 0. The zero-order valence-corrected chi connectivity index (χ0v) is 18.0. The van der Waals surface area contributed by atoms with Gasteiger partial charge in [0, 0.05) is 44.2 Å². The average molecular weight is 417 g/mol. The minimum Gasteiger partial charge on any atom is -0.423 e. The lowest BCUT2D eigenvalue weighted by molar-refractivity contribution is -0.132. The van der Waals surface area contributed by atoms with Gasteiger partial charge in [0.2, 0.25) is 5.91 Å². The summed E-state index contributed by atoms with van der Waals surface area (Å²) in [5, 5.41) is 1.05. The van der Waals surface area contributed by atoms with E-state index >= 15 is 0 Å². The van der Waals surface area contributed by atoms with Crippen LogP contribution in [0.25, 0.3) is 11.0 Å². The Bertz CT molecular complexity index is 1170. The zero-order valence-electron chi connectivity index (χ0n) is 18.0. The molecule has 1 aromatic heterocycles. The molecule has 2 heterocycles. The molecule has 0 spiro atoms. The van der Waals surface area contributed by atoms with E-state index in [-0.39, 0.29) is 11.5 Å². The molecular weight excluding hydrogens is 388 g/mol. The average Bonchev–Trinajstić information content (AvgIpc) is 3.22. The number of piperazine rings is 1. The highest BCUT2D eigenvalue weighted by Gasteiger charge is 2.22. The summed E-state index contributed by atoms with van der Waals surface area (Å²) < 4.78 is 5.50. The van der Waals surface area contributed by atoms with E-state index in [9.17, 15) is 9.59 Å². The fourth-order valence-electron chi connectivity index (χ4n) is 4.81. The van der Waals surface area contributed by atoms with Gasteiger partial charge in [-0.05, 0) is 60.6 Å². The maximum atomic E-state index is 12.7. The molecule has 1 amide bonds. The van der Waals surface area contributed by atoms with E-state index in [1.807, 2.05) is 17.0 Å². The molecule has 0 bridgehead atoms. The molecule has 1 fully saturated rings. The van der Waals surface area contributed by atoms with E-state index in [1.54, 1.807) is 6.07 Å². The molecule has 0 saturated carbocycles. The van der Waals surface area contributed by atoms with Crippen LogP contribution < -0.4 is 5.63 Å². The summed E-state index contributed by atoms with van der Waals surface area (Å²) >= 11 is 0. The molecule has 0 radical (unpaired) electrons. The van der Waals surface area contributed by atoms with Crippen LogP contribution in [-0.4, -0.2) is 41.9 Å². The Kier molecular flexibility index (Phi) is 5.36. The zero-order chi connectivity index (χ0) is 21.4. The fourth-order valence-corrected chi connectivity index (χ4v) is 4.81. The molecule has 0 N–H and O–H groups in total. The fraction of sp³-hybridized carbons (Fsp3) is 0.385. The second-order valence-electron chi connectivity index (χ2n) is 8.88. The number of benzene rings is 2. The van der Waals surface area contributed by atoms with Gasteiger partial charge in [-0.25, -0.2) is 4.79 Å². The molecule has 5 nitrogen and oxygen atoms in total. The van der Waals surface area contributed by atoms with Gasteiger partial charge < -0.3 is 9.32 Å². The number of aryl methyl sites for hydroxylation is 3. The van der Waals surface area contributed by atoms with Crippen molar-refractivity contribution in [2.75, 3.05) is 26.2 Å². The van der Waals surface area contributed by atoms with E-state index in [2.05, 4.69) is 36.1 Å². The lowest BCUT2D eigenvalue weighted by Crippen LogP contribution is -2.48. The highest BCUT2D eigenvalue weighted by molar-refractivity contribution is 5.82. The highest BCUT2D eigenvalue weighted by atomic mass is 16.4. The molecule has 31 heavy (non-hydrogen) atoms. The summed E-state index contributed by atoms with van der Waals surface area (Å²) in [5.41, 5.74) is 6.41. The van der Waals surface area contributed by atoms with Crippen molar-refractivity contribution < 1.29 is 9.21 Å². The molecule has 1 aliphatic carbocycles. The van der Waals surface area contributed by atoms with Crippen molar-refractivity contribution in [2.45, 2.75) is 39.2 Å². The Morgan fingerprint density at radius 3 is 2.42 bits per heavy atom. The van der Waals surface area contributed by atoms with Crippen molar-refractivity contribution in [1.82, 2.24) is 9.80 Å². The summed E-state index contributed by atoms with van der Waals surface area (Å²) in [6.45, 7) is 5.83. The topological polar surface area (TPSA) is 53.8 Å². The Hall–Kier alpha value is -2.92. The van der Waals surface area contributed by atoms with E-state index in [0.29, 0.717) is 18.5 Å². The lowest BCUT2D eigenvalue weighted by atomic mass is 10.0. The normalized spacial score (nSPS) is 16.6. The number of carbonyl (C=O) groups excluding carboxylic acids is 1. The van der Waals surface area contributed by atoms with Crippen LogP contribution in [0, 0.1) is 6.92 Å². The van der Waals surface area contributed by atoms with Crippen LogP contribution in [-0.2, 0) is 30.6 Å². The quantitative estimate of drug-likeness (QED) is 0.611. The van der Waals surface area contributed by atoms with Crippen molar-refractivity contribution in [3.8, 4) is 0 Å². The Morgan fingerprint density at radius 1 is 0.968 bits per heavy atom. The maximum Gasteiger partial charge on any atom is 0.336 e. The largest absolute Gasteiger partial charge is 0.423 e. The summed E-state index contributed by atoms with van der Waals surface area (Å²) in [6.07, 6.45) is 3.79. The first-order chi connectivity index (χ1) is 15.0. The van der Waals surface area contributed by atoms with Crippen LogP contribution in [0.5, 0.6) is 0 Å². The molecule has 160 valence electrons. The minimum absolute atomic E-state index is 0.185. The van der Waals surface area contributed by atoms with Crippen LogP contribution in [0.4, 0.5) is 0 Å². The molecule has 3 aromatic rings. The Balaban J connectivity index is 1.25. The van der Waals surface area contributed by atoms with Crippen molar-refractivity contribution in [3.63, 3.8) is 0 Å². The molecule has 0 unspecified atom stereocenters. The van der Waals surface area contributed by atoms with Crippen molar-refractivity contribution in [3.05, 3.63) is 80.7 Å². The standard InChI is InChI=1S/C26H28N2O3/c1-18-5-7-19(8-6-18)13-25(29)28-11-9-27(10-12-28)17-22-16-26(30)31-24-15-21-4-2-3-20(21)14-23(22)24/h5-8,14-16H,2-4,9-13,17H2,1H3. The second kappa shape index (κ2) is 8.31. The SMILES string of the molecule is Cc1ccc(CC(=O)N2CCN(Cc3cc(=O)oc4cc5c(cc34)CCC5)CC2)cc1. The number of hydrogen-bond acceptors (Lipinski definition) is 4. The van der Waals surface area contributed by atoms with Gasteiger partial charge in [0.1, 0.15) is 5.58 Å². The third-order valence-electron chi connectivity index (χ3n) is 6.64. The first kappa shape index (κ1) is 20.0. The monoisotopic (exact) mass is 416 g/mol. The summed E-state index contributed by atoms with van der Waals surface area (Å²) in [5.74, 6) is 0.185. The molecule has 2 aromatic carbocycles. The first-order valence-corrected chi connectivity index (χ1v) is 11.2. The van der Waals surface area contributed by atoms with E-state index in [4.69, 9.17) is 4.42 Å². The predicted molar refractivity (Wildman–Crippen MR) is 121 cm³/mol. The van der Waals surface area contributed by atoms with Crippen LogP contribution in [0.2, 0.25) is 0 Å². The van der Waals surface area contributed by atoms with E-state index in [0.717, 1.165) is 55.5 Å². The van der Waals surface area contributed by atoms with Gasteiger partial charge in [0.25, 0.3) is 0 Å². The van der Waals surface area contributed by atoms with Gasteiger partial charge in [0.15, 0.2) is 0 Å². The van der Waals surface area contributed by atoms with Gasteiger partial charge in [-0.1, -0.05) is 29.8 Å². The maximum absolute atomic E-state index is 12.7. The molecule has 5 rings (SSSR count).